The lowest BCUT2D eigenvalue weighted by Gasteiger charge is -2.18. The predicted molar refractivity (Wildman–Crippen MR) is 148 cm³/mol. The quantitative estimate of drug-likeness (QED) is 0.0760. The fourth-order valence-electron chi connectivity index (χ4n) is 3.79. The van der Waals surface area contributed by atoms with Crippen LogP contribution in [0.2, 0.25) is 0 Å². The summed E-state index contributed by atoms with van der Waals surface area (Å²) in [7, 11) is 0. The Kier molecular flexibility index (Phi) is 11.5. The smallest absolute Gasteiger partial charge is 0.246 e. The molecule has 0 aromatic heterocycles. The number of carbonyl (C=O) groups excluding carboxylic acids is 3. The molecule has 3 rings (SSSR count). The second-order valence-electron chi connectivity index (χ2n) is 8.81. The van der Waals surface area contributed by atoms with E-state index in [9.17, 15) is 14.4 Å². The van der Waals surface area contributed by atoms with E-state index in [0.717, 1.165) is 51.9 Å². The van der Waals surface area contributed by atoms with E-state index in [4.69, 9.17) is 0 Å². The highest BCUT2D eigenvalue weighted by Gasteiger charge is 2.14. The third kappa shape index (κ3) is 8.15. The highest BCUT2D eigenvalue weighted by atomic mass is 16.1. The van der Waals surface area contributed by atoms with Gasteiger partial charge in [0.2, 0.25) is 12.3 Å². The molecule has 0 fully saturated rings. The molecule has 7 nitrogen and oxygen atoms in total. The van der Waals surface area contributed by atoms with E-state index in [1.54, 1.807) is 6.92 Å². The van der Waals surface area contributed by atoms with Gasteiger partial charge in [-0.2, -0.15) is 0 Å². The van der Waals surface area contributed by atoms with Crippen molar-refractivity contribution in [1.29, 1.82) is 0 Å². The number of allylic oxidation sites excluding steroid dienone is 1. The topological polar surface area (TPSA) is 99.3 Å². The molecule has 0 spiro atoms. The molecule has 3 aromatic rings. The van der Waals surface area contributed by atoms with Crippen LogP contribution in [-0.2, 0) is 22.7 Å². The van der Waals surface area contributed by atoms with E-state index in [1.165, 1.54) is 5.57 Å². The van der Waals surface area contributed by atoms with Crippen molar-refractivity contribution in [2.75, 3.05) is 13.1 Å². The summed E-state index contributed by atoms with van der Waals surface area (Å²) in [5.74, 6) is -0.124. The van der Waals surface area contributed by atoms with Gasteiger partial charge >= 0.3 is 0 Å². The van der Waals surface area contributed by atoms with Crippen LogP contribution in [0.5, 0.6) is 0 Å². The molecule has 0 unspecified atom stereocenters. The van der Waals surface area contributed by atoms with Crippen molar-refractivity contribution in [3.8, 4) is 0 Å². The second-order valence-corrected chi connectivity index (χ2v) is 8.81. The Bertz CT molecular complexity index is 1250. The number of hydrogen-bond acceptors (Lipinski definition) is 5. The summed E-state index contributed by atoms with van der Waals surface area (Å²) < 4.78 is 0. The molecule has 0 saturated heterocycles. The SMILES string of the molecule is C=C(C)C.C=C(C)C(=O)NCCCNCc1c2ccccc2c(CNNC=O)c2cc(C=O)ccc12. The van der Waals surface area contributed by atoms with Crippen LogP contribution in [-0.4, -0.2) is 31.7 Å². The number of rotatable bonds is 12. The Morgan fingerprint density at radius 1 is 0.861 bits per heavy atom. The van der Waals surface area contributed by atoms with Crippen molar-refractivity contribution in [1.82, 2.24) is 21.5 Å². The number of hydrazine groups is 1. The number of benzene rings is 3. The summed E-state index contributed by atoms with van der Waals surface area (Å²) in [6.07, 6.45) is 2.23. The number of amides is 2. The molecule has 3 aromatic carbocycles. The minimum Gasteiger partial charge on any atom is -0.352 e. The van der Waals surface area contributed by atoms with Crippen molar-refractivity contribution >= 4 is 40.1 Å². The number of fused-ring (bicyclic) bond motifs is 2. The fourth-order valence-corrected chi connectivity index (χ4v) is 3.79. The van der Waals surface area contributed by atoms with Crippen LogP contribution in [0.15, 0.2) is 66.8 Å². The van der Waals surface area contributed by atoms with Gasteiger partial charge in [0.05, 0.1) is 0 Å². The van der Waals surface area contributed by atoms with Gasteiger partial charge in [-0.15, -0.1) is 6.58 Å². The number of hydrogen-bond donors (Lipinski definition) is 4. The highest BCUT2D eigenvalue weighted by molar-refractivity contribution is 6.07. The van der Waals surface area contributed by atoms with E-state index in [2.05, 4.69) is 46.8 Å². The maximum absolute atomic E-state index is 11.6. The van der Waals surface area contributed by atoms with Gasteiger partial charge in [0, 0.05) is 30.8 Å². The molecule has 0 aliphatic carbocycles. The van der Waals surface area contributed by atoms with Gasteiger partial charge in [0.1, 0.15) is 6.29 Å². The Labute approximate surface area is 213 Å². The van der Waals surface area contributed by atoms with Gasteiger partial charge in [0.15, 0.2) is 0 Å². The molecule has 0 saturated carbocycles. The maximum Gasteiger partial charge on any atom is 0.246 e. The number of aldehydes is 1. The zero-order chi connectivity index (χ0) is 26.5. The van der Waals surface area contributed by atoms with Crippen LogP contribution in [0.25, 0.3) is 21.5 Å². The predicted octanol–water partition coefficient (Wildman–Crippen LogP) is 4.31. The second kappa shape index (κ2) is 14.6. The van der Waals surface area contributed by atoms with Crippen molar-refractivity contribution in [3.63, 3.8) is 0 Å². The monoisotopic (exact) mass is 488 g/mol. The molecule has 0 atom stereocenters. The molecule has 0 aliphatic heterocycles. The zero-order valence-corrected chi connectivity index (χ0v) is 21.4. The van der Waals surface area contributed by atoms with Crippen LogP contribution in [0.4, 0.5) is 0 Å². The summed E-state index contributed by atoms with van der Waals surface area (Å²) in [5.41, 5.74) is 9.83. The first kappa shape index (κ1) is 28.4. The molecule has 2 amide bonds. The van der Waals surface area contributed by atoms with Gasteiger partial charge in [-0.3, -0.25) is 19.8 Å². The van der Waals surface area contributed by atoms with Crippen molar-refractivity contribution in [3.05, 3.63) is 83.5 Å². The van der Waals surface area contributed by atoms with Gasteiger partial charge in [-0.25, -0.2) is 5.43 Å². The summed E-state index contributed by atoms with van der Waals surface area (Å²) in [6, 6.07) is 13.8. The van der Waals surface area contributed by atoms with Crippen LogP contribution < -0.4 is 21.5 Å². The van der Waals surface area contributed by atoms with E-state index < -0.39 is 0 Å². The zero-order valence-electron chi connectivity index (χ0n) is 21.4. The van der Waals surface area contributed by atoms with E-state index in [0.29, 0.717) is 37.2 Å². The first-order chi connectivity index (χ1) is 17.3. The lowest BCUT2D eigenvalue weighted by Crippen LogP contribution is -2.29. The molecular formula is C29H36N4O3. The molecule has 36 heavy (non-hydrogen) atoms. The summed E-state index contributed by atoms with van der Waals surface area (Å²) in [6.45, 7) is 15.2. The Morgan fingerprint density at radius 3 is 2.06 bits per heavy atom. The Balaban J connectivity index is 0.00000106. The van der Waals surface area contributed by atoms with Crippen LogP contribution in [0, 0.1) is 0 Å². The molecule has 0 aliphatic rings. The minimum absolute atomic E-state index is 0.124. The molecule has 190 valence electrons. The highest BCUT2D eigenvalue weighted by Crippen LogP contribution is 2.33. The van der Waals surface area contributed by atoms with Crippen molar-refractivity contribution in [2.24, 2.45) is 0 Å². The average molecular weight is 489 g/mol. The number of carbonyl (C=O) groups is 3. The van der Waals surface area contributed by atoms with E-state index in [-0.39, 0.29) is 5.91 Å². The average Bonchev–Trinajstić information content (AvgIpc) is 2.86. The third-order valence-electron chi connectivity index (χ3n) is 5.34. The van der Waals surface area contributed by atoms with Gasteiger partial charge in [-0.05, 0) is 72.5 Å². The van der Waals surface area contributed by atoms with E-state index >= 15 is 0 Å². The van der Waals surface area contributed by atoms with Crippen LogP contribution in [0.1, 0.15) is 48.7 Å². The van der Waals surface area contributed by atoms with Crippen LogP contribution in [0.3, 0.4) is 0 Å². The summed E-state index contributed by atoms with van der Waals surface area (Å²) in [4.78, 5) is 33.7. The molecule has 4 N–H and O–H groups in total. The van der Waals surface area contributed by atoms with Crippen molar-refractivity contribution in [2.45, 2.75) is 40.3 Å². The maximum atomic E-state index is 11.6. The van der Waals surface area contributed by atoms with Crippen LogP contribution >= 0.6 is 0 Å². The largest absolute Gasteiger partial charge is 0.352 e. The third-order valence-corrected chi connectivity index (χ3v) is 5.34. The Morgan fingerprint density at radius 2 is 1.47 bits per heavy atom. The first-order valence-corrected chi connectivity index (χ1v) is 11.9. The van der Waals surface area contributed by atoms with Gasteiger partial charge < -0.3 is 10.6 Å². The minimum atomic E-state index is -0.124. The lowest BCUT2D eigenvalue weighted by molar-refractivity contribution is -0.117. The lowest BCUT2D eigenvalue weighted by atomic mass is 9.90. The fraction of sp³-hybridized carbons (Fsp3) is 0.276. The first-order valence-electron chi connectivity index (χ1n) is 11.9. The summed E-state index contributed by atoms with van der Waals surface area (Å²) >= 11 is 0. The number of nitrogens with one attached hydrogen (secondary N) is 4. The van der Waals surface area contributed by atoms with Gasteiger partial charge in [0.25, 0.3) is 0 Å². The van der Waals surface area contributed by atoms with Gasteiger partial charge in [-0.1, -0.05) is 48.6 Å². The normalized spacial score (nSPS) is 10.3. The summed E-state index contributed by atoms with van der Waals surface area (Å²) in [5, 5.41) is 10.5. The van der Waals surface area contributed by atoms with Crippen molar-refractivity contribution < 1.29 is 14.4 Å². The Hall–Kier alpha value is -3.81. The van der Waals surface area contributed by atoms with E-state index in [1.807, 2.05) is 44.2 Å². The molecule has 0 heterocycles. The molecule has 0 radical (unpaired) electrons. The standard InChI is InChI=1S/C25H28N4O3.C4H8/c1-17(2)25(32)27-11-5-10-26-13-23-19-6-3-4-7-20(19)24(14-28-29-16-31)22-12-18(15-30)8-9-21(22)23;1-4(2)3/h3-4,6-9,12,15-16,26,28H,1,5,10-11,13-14H2,2H3,(H,27,32)(H,29,31);1H2,2-3H3. The molecule has 7 heteroatoms. The molecule has 0 bridgehead atoms. The molecular weight excluding hydrogens is 452 g/mol.